The van der Waals surface area contributed by atoms with Crippen LogP contribution in [0.15, 0.2) is 21.5 Å². The molecular formula is C8H8BrNO2S. The smallest absolute Gasteiger partial charge is 0.258 e. The Morgan fingerprint density at radius 1 is 1.54 bits per heavy atom. The lowest BCUT2D eigenvalue weighted by Crippen LogP contribution is -1.93. The van der Waals surface area contributed by atoms with E-state index in [0.717, 1.165) is 14.9 Å². The van der Waals surface area contributed by atoms with Crippen molar-refractivity contribution in [2.24, 2.45) is 0 Å². The summed E-state index contributed by atoms with van der Waals surface area (Å²) < 4.78 is 0.745. The van der Waals surface area contributed by atoms with Gasteiger partial charge >= 0.3 is 0 Å². The molecule has 0 bridgehead atoms. The number of nitro benzene ring substituents is 1. The van der Waals surface area contributed by atoms with Crippen LogP contribution in [0.3, 0.4) is 0 Å². The van der Waals surface area contributed by atoms with E-state index >= 15 is 0 Å². The zero-order valence-electron chi connectivity index (χ0n) is 7.20. The van der Waals surface area contributed by atoms with Gasteiger partial charge in [0.15, 0.2) is 0 Å². The van der Waals surface area contributed by atoms with Gasteiger partial charge in [0.1, 0.15) is 0 Å². The van der Waals surface area contributed by atoms with Gasteiger partial charge < -0.3 is 0 Å². The molecule has 0 atom stereocenters. The average Bonchev–Trinajstić information content (AvgIpc) is 2.08. The van der Waals surface area contributed by atoms with Crippen LogP contribution in [-0.4, -0.2) is 11.2 Å². The topological polar surface area (TPSA) is 43.1 Å². The van der Waals surface area contributed by atoms with Crippen molar-refractivity contribution < 1.29 is 4.92 Å². The molecule has 0 fully saturated rings. The third-order valence-electron chi connectivity index (χ3n) is 1.71. The molecule has 0 amide bonds. The van der Waals surface area contributed by atoms with Crippen LogP contribution in [0.5, 0.6) is 0 Å². The lowest BCUT2D eigenvalue weighted by molar-refractivity contribution is -0.385. The first-order valence-corrected chi connectivity index (χ1v) is 5.56. The van der Waals surface area contributed by atoms with E-state index in [2.05, 4.69) is 15.9 Å². The fourth-order valence-corrected chi connectivity index (χ4v) is 2.29. The molecule has 3 nitrogen and oxygen atoms in total. The highest BCUT2D eigenvalue weighted by atomic mass is 79.9. The molecule has 0 radical (unpaired) electrons. The first-order valence-electron chi connectivity index (χ1n) is 3.54. The lowest BCUT2D eigenvalue weighted by Gasteiger charge is -2.03. The fourth-order valence-electron chi connectivity index (χ4n) is 1.04. The van der Waals surface area contributed by atoms with Crippen LogP contribution < -0.4 is 0 Å². The van der Waals surface area contributed by atoms with E-state index in [-0.39, 0.29) is 10.6 Å². The Kier molecular flexibility index (Phi) is 3.33. The minimum atomic E-state index is -0.361. The number of nitrogens with zero attached hydrogens (tertiary/aromatic N) is 1. The summed E-state index contributed by atoms with van der Waals surface area (Å²) in [5, 5.41) is 10.6. The average molecular weight is 262 g/mol. The normalized spacial score (nSPS) is 10.1. The predicted octanol–water partition coefficient (Wildman–Crippen LogP) is 3.39. The van der Waals surface area contributed by atoms with E-state index in [0.29, 0.717) is 0 Å². The van der Waals surface area contributed by atoms with Crippen LogP contribution >= 0.6 is 27.7 Å². The van der Waals surface area contributed by atoms with Gasteiger partial charge in [-0.3, -0.25) is 10.1 Å². The molecule has 0 saturated heterocycles. The standard InChI is InChI=1S/C8H8BrNO2S/c1-5-7(10(11)12)3-6(9)4-8(5)13-2/h3-4H,1-2H3. The van der Waals surface area contributed by atoms with Crippen molar-refractivity contribution in [1.82, 2.24) is 0 Å². The fraction of sp³-hybridized carbons (Fsp3) is 0.250. The van der Waals surface area contributed by atoms with Crippen molar-refractivity contribution in [1.29, 1.82) is 0 Å². The van der Waals surface area contributed by atoms with Crippen molar-refractivity contribution in [2.75, 3.05) is 6.26 Å². The quantitative estimate of drug-likeness (QED) is 0.466. The lowest BCUT2D eigenvalue weighted by atomic mass is 10.2. The molecule has 0 unspecified atom stereocenters. The van der Waals surface area contributed by atoms with Crippen molar-refractivity contribution >= 4 is 33.4 Å². The maximum Gasteiger partial charge on any atom is 0.274 e. The largest absolute Gasteiger partial charge is 0.274 e. The van der Waals surface area contributed by atoms with Crippen LogP contribution in [0.4, 0.5) is 5.69 Å². The summed E-state index contributed by atoms with van der Waals surface area (Å²) in [4.78, 5) is 11.2. The van der Waals surface area contributed by atoms with Gasteiger partial charge in [-0.15, -0.1) is 11.8 Å². The molecular weight excluding hydrogens is 254 g/mol. The van der Waals surface area contributed by atoms with Gasteiger partial charge in [-0.25, -0.2) is 0 Å². The summed E-state index contributed by atoms with van der Waals surface area (Å²) in [6.07, 6.45) is 1.90. The Morgan fingerprint density at radius 3 is 2.62 bits per heavy atom. The van der Waals surface area contributed by atoms with E-state index in [4.69, 9.17) is 0 Å². The zero-order chi connectivity index (χ0) is 10.0. The number of nitro groups is 1. The second-order valence-electron chi connectivity index (χ2n) is 2.51. The third-order valence-corrected chi connectivity index (χ3v) is 3.04. The molecule has 0 N–H and O–H groups in total. The molecule has 0 saturated carbocycles. The third kappa shape index (κ3) is 2.22. The highest BCUT2D eigenvalue weighted by Crippen LogP contribution is 2.31. The Hall–Kier alpha value is -0.550. The number of hydrogen-bond donors (Lipinski definition) is 0. The SMILES string of the molecule is CSc1cc(Br)cc([N+](=O)[O-])c1C. The Balaban J connectivity index is 3.35. The summed E-state index contributed by atoms with van der Waals surface area (Å²) in [5.74, 6) is 0. The summed E-state index contributed by atoms with van der Waals surface area (Å²) in [7, 11) is 0. The summed E-state index contributed by atoms with van der Waals surface area (Å²) in [6.45, 7) is 1.76. The number of thioether (sulfide) groups is 1. The summed E-state index contributed by atoms with van der Waals surface area (Å²) >= 11 is 4.75. The van der Waals surface area contributed by atoms with Gasteiger partial charge in [0, 0.05) is 21.0 Å². The summed E-state index contributed by atoms with van der Waals surface area (Å²) in [6, 6.07) is 3.40. The van der Waals surface area contributed by atoms with Crippen LogP contribution in [0.25, 0.3) is 0 Å². The monoisotopic (exact) mass is 261 g/mol. The maximum atomic E-state index is 10.6. The first-order chi connectivity index (χ1) is 6.06. The van der Waals surface area contributed by atoms with Gasteiger partial charge in [0.25, 0.3) is 5.69 Å². The molecule has 0 aliphatic carbocycles. The van der Waals surface area contributed by atoms with E-state index in [1.54, 1.807) is 6.92 Å². The van der Waals surface area contributed by atoms with Gasteiger partial charge in [0.05, 0.1) is 4.92 Å². The van der Waals surface area contributed by atoms with Crippen LogP contribution in [0.2, 0.25) is 0 Å². The van der Waals surface area contributed by atoms with E-state index in [1.165, 1.54) is 17.8 Å². The highest BCUT2D eigenvalue weighted by molar-refractivity contribution is 9.10. The van der Waals surface area contributed by atoms with Crippen LogP contribution in [0, 0.1) is 17.0 Å². The van der Waals surface area contributed by atoms with Gasteiger partial charge in [-0.05, 0) is 19.2 Å². The van der Waals surface area contributed by atoms with Crippen LogP contribution in [-0.2, 0) is 0 Å². The molecule has 0 aromatic heterocycles. The Morgan fingerprint density at radius 2 is 2.15 bits per heavy atom. The molecule has 13 heavy (non-hydrogen) atoms. The van der Waals surface area contributed by atoms with Gasteiger partial charge in [-0.1, -0.05) is 15.9 Å². The van der Waals surface area contributed by atoms with E-state index in [1.807, 2.05) is 12.3 Å². The minimum Gasteiger partial charge on any atom is -0.258 e. The van der Waals surface area contributed by atoms with Gasteiger partial charge in [-0.2, -0.15) is 0 Å². The van der Waals surface area contributed by atoms with Crippen molar-refractivity contribution in [3.8, 4) is 0 Å². The van der Waals surface area contributed by atoms with Crippen molar-refractivity contribution in [3.63, 3.8) is 0 Å². The minimum absolute atomic E-state index is 0.165. The van der Waals surface area contributed by atoms with Gasteiger partial charge in [0.2, 0.25) is 0 Å². The maximum absolute atomic E-state index is 10.6. The summed E-state index contributed by atoms with van der Waals surface area (Å²) in [5.41, 5.74) is 0.888. The van der Waals surface area contributed by atoms with Crippen LogP contribution in [0.1, 0.15) is 5.56 Å². The first kappa shape index (κ1) is 10.5. The Labute approximate surface area is 88.8 Å². The number of halogens is 1. The van der Waals surface area contributed by atoms with E-state index in [9.17, 15) is 10.1 Å². The van der Waals surface area contributed by atoms with E-state index < -0.39 is 0 Å². The number of rotatable bonds is 2. The molecule has 0 aliphatic rings. The number of hydrogen-bond acceptors (Lipinski definition) is 3. The molecule has 0 spiro atoms. The second-order valence-corrected chi connectivity index (χ2v) is 4.27. The molecule has 1 rings (SSSR count). The molecule has 70 valence electrons. The predicted molar refractivity (Wildman–Crippen MR) is 57.3 cm³/mol. The molecule has 0 heterocycles. The molecule has 1 aromatic carbocycles. The van der Waals surface area contributed by atoms with Crippen molar-refractivity contribution in [3.05, 3.63) is 32.3 Å². The molecule has 1 aromatic rings. The molecule has 5 heteroatoms. The molecule has 0 aliphatic heterocycles. The second kappa shape index (κ2) is 4.11. The number of benzene rings is 1. The Bertz CT molecular complexity index is 354. The van der Waals surface area contributed by atoms with Crippen molar-refractivity contribution in [2.45, 2.75) is 11.8 Å². The highest BCUT2D eigenvalue weighted by Gasteiger charge is 2.14. The zero-order valence-corrected chi connectivity index (χ0v) is 9.61.